The Hall–Kier alpha value is -2.93. The third kappa shape index (κ3) is 3.78. The molecule has 0 bridgehead atoms. The SMILES string of the molecule is O=C([O-])CCCNC(=O)CCN1C(=O)c2cccc3c(Cl)ccc(c23)C1=O. The number of hydrogen-bond donors (Lipinski definition) is 1. The number of imide groups is 1. The molecule has 3 rings (SSSR count). The Morgan fingerprint density at radius 1 is 1.04 bits per heavy atom. The zero-order valence-electron chi connectivity index (χ0n) is 14.3. The standard InChI is InChI=1S/C19H17ClN2O5/c20-14-7-6-13-17-11(14)3-1-4-12(17)18(26)22(19(13)27)10-8-15(23)21-9-2-5-16(24)25/h1,3-4,6-7H,2,5,8-10H2,(H,21,23)(H,24,25)/p-1. The lowest BCUT2D eigenvalue weighted by molar-refractivity contribution is -0.305. The van der Waals surface area contributed by atoms with Crippen LogP contribution in [0.25, 0.3) is 10.8 Å². The van der Waals surface area contributed by atoms with Crippen LogP contribution in [0.4, 0.5) is 0 Å². The van der Waals surface area contributed by atoms with Gasteiger partial charge >= 0.3 is 0 Å². The van der Waals surface area contributed by atoms with Crippen LogP contribution < -0.4 is 10.4 Å². The highest BCUT2D eigenvalue weighted by atomic mass is 35.5. The minimum atomic E-state index is -1.18. The largest absolute Gasteiger partial charge is 0.550 e. The van der Waals surface area contributed by atoms with Gasteiger partial charge in [-0.2, -0.15) is 0 Å². The van der Waals surface area contributed by atoms with Crippen LogP contribution in [0.1, 0.15) is 40.0 Å². The molecule has 0 saturated heterocycles. The highest BCUT2D eigenvalue weighted by molar-refractivity contribution is 6.38. The van der Waals surface area contributed by atoms with Crippen LogP contribution in [0.2, 0.25) is 5.02 Å². The van der Waals surface area contributed by atoms with Crippen molar-refractivity contribution in [1.29, 1.82) is 0 Å². The van der Waals surface area contributed by atoms with Crippen LogP contribution in [0.15, 0.2) is 30.3 Å². The number of rotatable bonds is 7. The Bertz CT molecular complexity index is 934. The number of carboxylic acid groups (broad SMARTS) is 1. The lowest BCUT2D eigenvalue weighted by Gasteiger charge is -2.27. The van der Waals surface area contributed by atoms with Gasteiger partial charge in [-0.05, 0) is 31.0 Å². The van der Waals surface area contributed by atoms with Gasteiger partial charge in [0.25, 0.3) is 11.8 Å². The summed E-state index contributed by atoms with van der Waals surface area (Å²) in [6.07, 6.45) is 0.0419. The summed E-state index contributed by atoms with van der Waals surface area (Å²) < 4.78 is 0. The van der Waals surface area contributed by atoms with E-state index in [4.69, 9.17) is 11.6 Å². The van der Waals surface area contributed by atoms with Crippen LogP contribution in [-0.4, -0.2) is 41.7 Å². The van der Waals surface area contributed by atoms with E-state index >= 15 is 0 Å². The van der Waals surface area contributed by atoms with Crippen molar-refractivity contribution in [3.63, 3.8) is 0 Å². The van der Waals surface area contributed by atoms with E-state index in [0.29, 0.717) is 26.9 Å². The van der Waals surface area contributed by atoms with Crippen molar-refractivity contribution in [2.45, 2.75) is 19.3 Å². The summed E-state index contributed by atoms with van der Waals surface area (Å²) in [4.78, 5) is 48.7. The van der Waals surface area contributed by atoms with Gasteiger partial charge in [-0.3, -0.25) is 19.3 Å². The van der Waals surface area contributed by atoms with Crippen molar-refractivity contribution in [2.75, 3.05) is 13.1 Å². The summed E-state index contributed by atoms with van der Waals surface area (Å²) >= 11 is 6.17. The van der Waals surface area contributed by atoms with Crippen LogP contribution in [0, 0.1) is 0 Å². The molecule has 7 nitrogen and oxygen atoms in total. The highest BCUT2D eigenvalue weighted by Gasteiger charge is 2.33. The summed E-state index contributed by atoms with van der Waals surface area (Å²) in [5.74, 6) is -2.48. The molecule has 2 aromatic carbocycles. The van der Waals surface area contributed by atoms with Crippen LogP contribution >= 0.6 is 11.6 Å². The zero-order valence-corrected chi connectivity index (χ0v) is 15.0. The third-order valence-electron chi connectivity index (χ3n) is 4.38. The molecule has 27 heavy (non-hydrogen) atoms. The first-order valence-corrected chi connectivity index (χ1v) is 8.82. The summed E-state index contributed by atoms with van der Waals surface area (Å²) in [6.45, 7) is 0.123. The lowest BCUT2D eigenvalue weighted by Crippen LogP contribution is -2.42. The summed E-state index contributed by atoms with van der Waals surface area (Å²) in [6, 6.07) is 8.27. The molecule has 0 saturated carbocycles. The average Bonchev–Trinajstić information content (AvgIpc) is 2.64. The number of benzene rings is 2. The van der Waals surface area contributed by atoms with Crippen molar-refractivity contribution in [3.05, 3.63) is 46.5 Å². The molecular weight excluding hydrogens is 372 g/mol. The molecule has 1 N–H and O–H groups in total. The molecule has 0 aliphatic carbocycles. The van der Waals surface area contributed by atoms with E-state index in [1.54, 1.807) is 30.3 Å². The smallest absolute Gasteiger partial charge is 0.261 e. The number of amides is 3. The second-order valence-electron chi connectivity index (χ2n) is 6.16. The van der Waals surface area contributed by atoms with Crippen molar-refractivity contribution in [1.82, 2.24) is 10.2 Å². The van der Waals surface area contributed by atoms with E-state index in [-0.39, 0.29) is 38.3 Å². The van der Waals surface area contributed by atoms with Crippen LogP contribution in [0.3, 0.4) is 0 Å². The normalized spacial score (nSPS) is 13.1. The van der Waals surface area contributed by atoms with Gasteiger partial charge in [-0.1, -0.05) is 23.7 Å². The minimum absolute atomic E-state index is 0.0670. The highest BCUT2D eigenvalue weighted by Crippen LogP contribution is 2.34. The maximum absolute atomic E-state index is 12.7. The number of carbonyl (C=O) groups excluding carboxylic acids is 4. The Morgan fingerprint density at radius 2 is 1.74 bits per heavy atom. The Balaban J connectivity index is 1.71. The number of hydrogen-bond acceptors (Lipinski definition) is 5. The third-order valence-corrected chi connectivity index (χ3v) is 4.71. The van der Waals surface area contributed by atoms with Gasteiger partial charge in [0.1, 0.15) is 0 Å². The van der Waals surface area contributed by atoms with Crippen LogP contribution in [-0.2, 0) is 9.59 Å². The van der Waals surface area contributed by atoms with E-state index in [9.17, 15) is 24.3 Å². The van der Waals surface area contributed by atoms with Gasteiger partial charge < -0.3 is 15.2 Å². The molecule has 1 aliphatic heterocycles. The fourth-order valence-electron chi connectivity index (χ4n) is 3.08. The number of carbonyl (C=O) groups is 4. The second-order valence-corrected chi connectivity index (χ2v) is 6.57. The number of nitrogens with one attached hydrogen (secondary N) is 1. The van der Waals surface area contributed by atoms with Gasteiger partial charge in [0.2, 0.25) is 5.91 Å². The molecule has 2 aromatic rings. The van der Waals surface area contributed by atoms with E-state index < -0.39 is 17.8 Å². The quantitative estimate of drug-likeness (QED) is 0.566. The second kappa shape index (κ2) is 7.75. The molecule has 0 aromatic heterocycles. The van der Waals surface area contributed by atoms with Crippen molar-refractivity contribution >= 4 is 46.1 Å². The fraction of sp³-hybridized carbons (Fsp3) is 0.263. The molecule has 1 aliphatic rings. The van der Waals surface area contributed by atoms with Crippen molar-refractivity contribution in [3.8, 4) is 0 Å². The van der Waals surface area contributed by atoms with Gasteiger partial charge in [0.05, 0.1) is 0 Å². The molecular formula is C19H16ClN2O5-. The Labute approximate surface area is 159 Å². The predicted molar refractivity (Wildman–Crippen MR) is 96.2 cm³/mol. The predicted octanol–water partition coefficient (Wildman–Crippen LogP) is 1.13. The van der Waals surface area contributed by atoms with E-state index in [1.165, 1.54) is 0 Å². The van der Waals surface area contributed by atoms with E-state index in [2.05, 4.69) is 5.32 Å². The number of carboxylic acids is 1. The molecule has 0 unspecified atom stereocenters. The summed E-state index contributed by atoms with van der Waals surface area (Å²) in [7, 11) is 0. The molecule has 1 heterocycles. The fourth-order valence-corrected chi connectivity index (χ4v) is 3.30. The van der Waals surface area contributed by atoms with Gasteiger partial charge in [0, 0.05) is 52.4 Å². The van der Waals surface area contributed by atoms with Gasteiger partial charge in [0.15, 0.2) is 0 Å². The zero-order chi connectivity index (χ0) is 19.6. The average molecular weight is 388 g/mol. The monoisotopic (exact) mass is 387 g/mol. The molecule has 0 fully saturated rings. The maximum Gasteiger partial charge on any atom is 0.261 e. The molecule has 0 atom stereocenters. The summed E-state index contributed by atoms with van der Waals surface area (Å²) in [5, 5.41) is 14.5. The van der Waals surface area contributed by atoms with E-state index in [1.807, 2.05) is 0 Å². The Morgan fingerprint density at radius 3 is 2.44 bits per heavy atom. The lowest BCUT2D eigenvalue weighted by atomic mass is 9.94. The van der Waals surface area contributed by atoms with Gasteiger partial charge in [-0.25, -0.2) is 0 Å². The number of aliphatic carboxylic acids is 1. The first-order valence-electron chi connectivity index (χ1n) is 8.44. The van der Waals surface area contributed by atoms with Crippen molar-refractivity contribution < 1.29 is 24.3 Å². The molecule has 0 radical (unpaired) electrons. The first kappa shape index (κ1) is 18.8. The molecule has 3 amide bonds. The molecule has 8 heteroatoms. The Kier molecular flexibility index (Phi) is 5.41. The summed E-state index contributed by atoms with van der Waals surface area (Å²) in [5.41, 5.74) is 0.748. The topological polar surface area (TPSA) is 107 Å². The number of nitrogens with zero attached hydrogens (tertiary/aromatic N) is 1. The minimum Gasteiger partial charge on any atom is -0.550 e. The molecule has 0 spiro atoms. The van der Waals surface area contributed by atoms with Crippen molar-refractivity contribution in [2.24, 2.45) is 0 Å². The van der Waals surface area contributed by atoms with Crippen LogP contribution in [0.5, 0.6) is 0 Å². The number of halogens is 1. The molecule has 140 valence electrons. The first-order chi connectivity index (χ1) is 12.9. The van der Waals surface area contributed by atoms with E-state index in [0.717, 1.165) is 4.90 Å². The maximum atomic E-state index is 12.7. The van der Waals surface area contributed by atoms with Gasteiger partial charge in [-0.15, -0.1) is 0 Å².